The number of fused-ring (bicyclic) bond motifs is 1. The number of carbonyl (C=O) groups excluding carboxylic acids is 1. The van der Waals surface area contributed by atoms with Crippen molar-refractivity contribution in [1.29, 1.82) is 0 Å². The molecule has 0 bridgehead atoms. The van der Waals surface area contributed by atoms with Gasteiger partial charge in [0.1, 0.15) is 6.10 Å². The van der Waals surface area contributed by atoms with Gasteiger partial charge in [-0.05, 0) is 25.2 Å². The average molecular weight is 254 g/mol. The molecular formula is C14H22O4. The lowest BCUT2D eigenvalue weighted by Gasteiger charge is -2.46. The van der Waals surface area contributed by atoms with Crippen LogP contribution in [0.4, 0.5) is 0 Å². The Labute approximate surface area is 108 Å². The number of hydrogen-bond acceptors (Lipinski definition) is 4. The summed E-state index contributed by atoms with van der Waals surface area (Å²) >= 11 is 0. The summed E-state index contributed by atoms with van der Waals surface area (Å²) in [6, 6.07) is 0. The standard InChI is InChI=1S/C14H22O4/c1-10(15)18-12-4-3-11-9-14(16-7-8-17-14)6-5-13(11,12)2/h11-12H,3-9H2,1-2H3/t11-,12+,13+/m1/s1. The summed E-state index contributed by atoms with van der Waals surface area (Å²) in [5.41, 5.74) is 0.117. The van der Waals surface area contributed by atoms with Gasteiger partial charge in [0.2, 0.25) is 0 Å². The quantitative estimate of drug-likeness (QED) is 0.673. The molecule has 0 unspecified atom stereocenters. The molecule has 0 aromatic heterocycles. The minimum Gasteiger partial charge on any atom is -0.462 e. The summed E-state index contributed by atoms with van der Waals surface area (Å²) in [6.45, 7) is 5.21. The number of ether oxygens (including phenoxy) is 3. The molecular weight excluding hydrogens is 232 g/mol. The highest BCUT2D eigenvalue weighted by molar-refractivity contribution is 5.66. The molecule has 18 heavy (non-hydrogen) atoms. The molecule has 3 rings (SSSR count). The van der Waals surface area contributed by atoms with Crippen molar-refractivity contribution in [2.75, 3.05) is 13.2 Å². The maximum atomic E-state index is 11.2. The van der Waals surface area contributed by atoms with E-state index in [1.807, 2.05) is 0 Å². The Balaban J connectivity index is 1.74. The summed E-state index contributed by atoms with van der Waals surface area (Å²) in [5, 5.41) is 0. The zero-order valence-corrected chi connectivity index (χ0v) is 11.2. The predicted octanol–water partition coefficient (Wildman–Crippen LogP) is 2.26. The normalized spacial score (nSPS) is 41.9. The predicted molar refractivity (Wildman–Crippen MR) is 64.9 cm³/mol. The molecule has 4 heteroatoms. The zero-order chi connectivity index (χ0) is 12.8. The van der Waals surface area contributed by atoms with Crippen molar-refractivity contribution in [3.05, 3.63) is 0 Å². The largest absolute Gasteiger partial charge is 0.462 e. The third-order valence-corrected chi connectivity index (χ3v) is 5.17. The SMILES string of the molecule is CC(=O)O[C@H]1CC[C@@H]2CC3(CC[C@@]21C)OCCO3. The van der Waals surface area contributed by atoms with Gasteiger partial charge in [-0.3, -0.25) is 4.79 Å². The molecule has 102 valence electrons. The van der Waals surface area contributed by atoms with Gasteiger partial charge in [-0.2, -0.15) is 0 Å². The molecule has 4 nitrogen and oxygen atoms in total. The Hall–Kier alpha value is -0.610. The summed E-state index contributed by atoms with van der Waals surface area (Å²) in [7, 11) is 0. The van der Waals surface area contributed by atoms with Crippen molar-refractivity contribution in [1.82, 2.24) is 0 Å². The molecule has 1 spiro atoms. The van der Waals surface area contributed by atoms with Crippen molar-refractivity contribution >= 4 is 5.97 Å². The topological polar surface area (TPSA) is 44.8 Å². The van der Waals surface area contributed by atoms with Gasteiger partial charge in [0.15, 0.2) is 5.79 Å². The van der Waals surface area contributed by atoms with Crippen LogP contribution in [0.2, 0.25) is 0 Å². The van der Waals surface area contributed by atoms with E-state index < -0.39 is 0 Å². The van der Waals surface area contributed by atoms with Gasteiger partial charge in [-0.25, -0.2) is 0 Å². The van der Waals surface area contributed by atoms with Crippen LogP contribution in [-0.4, -0.2) is 31.1 Å². The summed E-state index contributed by atoms with van der Waals surface area (Å²) in [6.07, 6.45) is 5.09. The third kappa shape index (κ3) is 1.86. The Morgan fingerprint density at radius 1 is 1.22 bits per heavy atom. The van der Waals surface area contributed by atoms with Gasteiger partial charge >= 0.3 is 5.97 Å². The Morgan fingerprint density at radius 3 is 2.61 bits per heavy atom. The molecule has 0 aromatic rings. The van der Waals surface area contributed by atoms with Crippen LogP contribution in [0.1, 0.15) is 46.0 Å². The molecule has 2 aliphatic carbocycles. The molecule has 0 N–H and O–H groups in total. The summed E-state index contributed by atoms with van der Waals surface area (Å²) in [4.78, 5) is 11.2. The third-order valence-electron chi connectivity index (χ3n) is 5.17. The van der Waals surface area contributed by atoms with E-state index in [1.54, 1.807) is 0 Å². The van der Waals surface area contributed by atoms with E-state index >= 15 is 0 Å². The van der Waals surface area contributed by atoms with Gasteiger partial charge in [0.25, 0.3) is 0 Å². The fourth-order valence-electron chi connectivity index (χ4n) is 4.07. The Kier molecular flexibility index (Phi) is 2.90. The second-order valence-electron chi connectivity index (χ2n) is 6.19. The maximum absolute atomic E-state index is 11.2. The first-order valence-electron chi connectivity index (χ1n) is 6.99. The Morgan fingerprint density at radius 2 is 1.94 bits per heavy atom. The van der Waals surface area contributed by atoms with E-state index in [0.29, 0.717) is 5.92 Å². The van der Waals surface area contributed by atoms with Gasteiger partial charge in [0, 0.05) is 25.2 Å². The second kappa shape index (κ2) is 4.20. The number of rotatable bonds is 1. The highest BCUT2D eigenvalue weighted by atomic mass is 16.7. The van der Waals surface area contributed by atoms with Crippen LogP contribution in [0.5, 0.6) is 0 Å². The van der Waals surface area contributed by atoms with Crippen molar-refractivity contribution in [2.24, 2.45) is 11.3 Å². The van der Waals surface area contributed by atoms with Crippen LogP contribution in [0.25, 0.3) is 0 Å². The number of carbonyl (C=O) groups is 1. The zero-order valence-electron chi connectivity index (χ0n) is 11.2. The lowest BCUT2D eigenvalue weighted by Crippen LogP contribution is -2.47. The van der Waals surface area contributed by atoms with Gasteiger partial charge < -0.3 is 14.2 Å². The first kappa shape index (κ1) is 12.4. The van der Waals surface area contributed by atoms with Crippen LogP contribution >= 0.6 is 0 Å². The first-order valence-corrected chi connectivity index (χ1v) is 6.99. The molecule has 2 saturated carbocycles. The summed E-state index contributed by atoms with van der Waals surface area (Å²) in [5.74, 6) is 0.0687. The molecule has 0 radical (unpaired) electrons. The second-order valence-corrected chi connectivity index (χ2v) is 6.19. The molecule has 3 atom stereocenters. The van der Waals surface area contributed by atoms with Crippen molar-refractivity contribution in [3.63, 3.8) is 0 Å². The van der Waals surface area contributed by atoms with Crippen LogP contribution in [0, 0.1) is 11.3 Å². The molecule has 3 fully saturated rings. The van der Waals surface area contributed by atoms with Gasteiger partial charge in [-0.1, -0.05) is 6.92 Å². The van der Waals surface area contributed by atoms with E-state index in [-0.39, 0.29) is 23.3 Å². The minimum absolute atomic E-state index is 0.0822. The van der Waals surface area contributed by atoms with Crippen molar-refractivity contribution in [2.45, 2.75) is 57.8 Å². The van der Waals surface area contributed by atoms with Gasteiger partial charge in [-0.15, -0.1) is 0 Å². The van der Waals surface area contributed by atoms with Crippen molar-refractivity contribution < 1.29 is 19.0 Å². The fourth-order valence-corrected chi connectivity index (χ4v) is 4.07. The minimum atomic E-state index is -0.324. The monoisotopic (exact) mass is 254 g/mol. The first-order chi connectivity index (χ1) is 8.54. The molecule has 1 aliphatic heterocycles. The highest BCUT2D eigenvalue weighted by Crippen LogP contribution is 2.57. The molecule has 3 aliphatic rings. The molecule has 0 aromatic carbocycles. The number of esters is 1. The molecule has 1 heterocycles. The van der Waals surface area contributed by atoms with E-state index in [0.717, 1.165) is 45.3 Å². The fraction of sp³-hybridized carbons (Fsp3) is 0.929. The highest BCUT2D eigenvalue weighted by Gasteiger charge is 2.56. The van der Waals surface area contributed by atoms with Crippen LogP contribution < -0.4 is 0 Å². The molecule has 1 saturated heterocycles. The van der Waals surface area contributed by atoms with E-state index in [1.165, 1.54) is 6.92 Å². The van der Waals surface area contributed by atoms with E-state index in [9.17, 15) is 4.79 Å². The van der Waals surface area contributed by atoms with Crippen LogP contribution in [0.15, 0.2) is 0 Å². The van der Waals surface area contributed by atoms with Crippen LogP contribution in [0.3, 0.4) is 0 Å². The molecule has 0 amide bonds. The van der Waals surface area contributed by atoms with Gasteiger partial charge in [0.05, 0.1) is 13.2 Å². The smallest absolute Gasteiger partial charge is 0.302 e. The summed E-state index contributed by atoms with van der Waals surface area (Å²) < 4.78 is 17.2. The lowest BCUT2D eigenvalue weighted by molar-refractivity contribution is -0.210. The number of hydrogen-bond donors (Lipinski definition) is 0. The van der Waals surface area contributed by atoms with E-state index in [2.05, 4.69) is 6.92 Å². The lowest BCUT2D eigenvalue weighted by atomic mass is 9.66. The Bertz CT molecular complexity index is 348. The maximum Gasteiger partial charge on any atom is 0.302 e. The average Bonchev–Trinajstić information content (AvgIpc) is 2.88. The van der Waals surface area contributed by atoms with Crippen LogP contribution in [-0.2, 0) is 19.0 Å². The van der Waals surface area contributed by atoms with Crippen molar-refractivity contribution in [3.8, 4) is 0 Å². The van der Waals surface area contributed by atoms with E-state index in [4.69, 9.17) is 14.2 Å².